The molecular formula is C23H17N3O4S. The van der Waals surface area contributed by atoms with Gasteiger partial charge in [-0.2, -0.15) is 0 Å². The molecule has 1 aromatic heterocycles. The Balaban J connectivity index is 1.34. The van der Waals surface area contributed by atoms with Gasteiger partial charge in [0, 0.05) is 18.2 Å². The summed E-state index contributed by atoms with van der Waals surface area (Å²) in [6.45, 7) is 0.490. The van der Waals surface area contributed by atoms with Crippen molar-refractivity contribution in [3.8, 4) is 5.75 Å². The first-order valence-corrected chi connectivity index (χ1v) is 10.2. The molecule has 0 aliphatic heterocycles. The number of nitrogens with zero attached hydrogens (tertiary/aromatic N) is 2. The van der Waals surface area contributed by atoms with Crippen LogP contribution in [-0.4, -0.2) is 15.8 Å². The Kier molecular flexibility index (Phi) is 6.00. The third-order valence-corrected chi connectivity index (χ3v) is 5.30. The predicted molar refractivity (Wildman–Crippen MR) is 121 cm³/mol. The van der Waals surface area contributed by atoms with Crippen molar-refractivity contribution in [2.24, 2.45) is 0 Å². The van der Waals surface area contributed by atoms with E-state index in [1.807, 2.05) is 54.6 Å². The first-order valence-electron chi connectivity index (χ1n) is 9.38. The van der Waals surface area contributed by atoms with Crippen LogP contribution >= 0.6 is 11.3 Å². The molecule has 4 rings (SSSR count). The molecule has 0 radical (unpaired) electrons. The van der Waals surface area contributed by atoms with E-state index in [4.69, 9.17) is 4.74 Å². The number of carbonyl (C=O) groups excluding carboxylic acids is 1. The minimum Gasteiger partial charge on any atom is -0.489 e. The van der Waals surface area contributed by atoms with E-state index in [9.17, 15) is 14.9 Å². The van der Waals surface area contributed by atoms with Crippen LogP contribution < -0.4 is 10.1 Å². The van der Waals surface area contributed by atoms with Crippen molar-refractivity contribution < 1.29 is 14.5 Å². The number of benzene rings is 3. The van der Waals surface area contributed by atoms with Crippen LogP contribution in [-0.2, 0) is 11.4 Å². The zero-order valence-electron chi connectivity index (χ0n) is 16.2. The highest BCUT2D eigenvalue weighted by molar-refractivity contribution is 7.22. The van der Waals surface area contributed by atoms with Gasteiger partial charge < -0.3 is 4.74 Å². The number of carbonyl (C=O) groups is 1. The standard InChI is InChI=1S/C23H17N3O4S/c27-22(25-23-24-20-12-9-18(26(28)29)14-21(20)31-23)13-8-16-6-10-19(11-7-16)30-15-17-4-2-1-3-5-17/h1-14H,15H2,(H,24,25,27)/b13-8+. The van der Waals surface area contributed by atoms with Crippen molar-refractivity contribution >= 4 is 44.4 Å². The van der Waals surface area contributed by atoms with E-state index >= 15 is 0 Å². The van der Waals surface area contributed by atoms with Crippen molar-refractivity contribution in [2.75, 3.05) is 5.32 Å². The minimum atomic E-state index is -0.460. The minimum absolute atomic E-state index is 0.00915. The number of hydrogen-bond donors (Lipinski definition) is 1. The number of thiazole rings is 1. The molecule has 0 saturated heterocycles. The Bertz CT molecular complexity index is 1250. The second-order valence-electron chi connectivity index (χ2n) is 6.59. The highest BCUT2D eigenvalue weighted by Crippen LogP contribution is 2.29. The number of rotatable bonds is 7. The van der Waals surface area contributed by atoms with Gasteiger partial charge in [0.25, 0.3) is 5.69 Å². The van der Waals surface area contributed by atoms with Crippen LogP contribution in [0.1, 0.15) is 11.1 Å². The third kappa shape index (κ3) is 5.31. The molecule has 31 heavy (non-hydrogen) atoms. The number of hydrogen-bond acceptors (Lipinski definition) is 6. The fourth-order valence-electron chi connectivity index (χ4n) is 2.82. The quantitative estimate of drug-likeness (QED) is 0.239. The number of non-ortho nitro benzene ring substituents is 1. The number of amides is 1. The van der Waals surface area contributed by atoms with E-state index in [0.717, 1.165) is 16.9 Å². The topological polar surface area (TPSA) is 94.4 Å². The highest BCUT2D eigenvalue weighted by atomic mass is 32.1. The number of aromatic nitrogens is 1. The van der Waals surface area contributed by atoms with Gasteiger partial charge in [0.05, 0.1) is 15.1 Å². The molecule has 154 valence electrons. The molecule has 1 heterocycles. The van der Waals surface area contributed by atoms with Gasteiger partial charge in [-0.05, 0) is 35.4 Å². The zero-order chi connectivity index (χ0) is 21.6. The lowest BCUT2D eigenvalue weighted by Crippen LogP contribution is -2.07. The van der Waals surface area contributed by atoms with Crippen molar-refractivity contribution in [1.29, 1.82) is 0 Å². The van der Waals surface area contributed by atoms with Crippen molar-refractivity contribution in [1.82, 2.24) is 4.98 Å². The summed E-state index contributed by atoms with van der Waals surface area (Å²) in [4.78, 5) is 26.9. The molecule has 3 aromatic carbocycles. The van der Waals surface area contributed by atoms with Crippen LogP contribution in [0.5, 0.6) is 5.75 Å². The number of nitro groups is 1. The monoisotopic (exact) mass is 431 g/mol. The first kappa shape index (κ1) is 20.2. The number of ether oxygens (including phenoxy) is 1. The van der Waals surface area contributed by atoms with Crippen molar-refractivity contribution in [3.05, 3.63) is 100 Å². The molecule has 0 aliphatic rings. The van der Waals surface area contributed by atoms with Crippen LogP contribution in [0.2, 0.25) is 0 Å². The smallest absolute Gasteiger partial charge is 0.270 e. The van der Waals surface area contributed by atoms with E-state index in [2.05, 4.69) is 10.3 Å². The van der Waals surface area contributed by atoms with Gasteiger partial charge in [0.1, 0.15) is 12.4 Å². The van der Waals surface area contributed by atoms with Crippen LogP contribution in [0.4, 0.5) is 10.8 Å². The van der Waals surface area contributed by atoms with Crippen LogP contribution in [0.25, 0.3) is 16.3 Å². The highest BCUT2D eigenvalue weighted by Gasteiger charge is 2.11. The molecule has 7 nitrogen and oxygen atoms in total. The van der Waals surface area contributed by atoms with Crippen molar-refractivity contribution in [2.45, 2.75) is 6.61 Å². The third-order valence-electron chi connectivity index (χ3n) is 4.37. The van der Waals surface area contributed by atoms with Gasteiger partial charge in [0.2, 0.25) is 5.91 Å². The summed E-state index contributed by atoms with van der Waals surface area (Å²) in [6.07, 6.45) is 3.10. The molecule has 8 heteroatoms. The van der Waals surface area contributed by atoms with E-state index in [1.54, 1.807) is 12.1 Å². The average molecular weight is 431 g/mol. The molecule has 0 spiro atoms. The Morgan fingerprint density at radius 3 is 2.61 bits per heavy atom. The molecule has 0 fully saturated rings. The molecule has 0 atom stereocenters. The molecule has 0 unspecified atom stereocenters. The number of fused-ring (bicyclic) bond motifs is 1. The lowest BCUT2D eigenvalue weighted by atomic mass is 10.2. The summed E-state index contributed by atoms with van der Waals surface area (Å²) in [6, 6.07) is 21.7. The summed E-state index contributed by atoms with van der Waals surface area (Å²) >= 11 is 1.19. The predicted octanol–water partition coefficient (Wildman–Crippen LogP) is 5.44. The maximum absolute atomic E-state index is 12.2. The molecule has 1 N–H and O–H groups in total. The molecule has 4 aromatic rings. The van der Waals surface area contributed by atoms with E-state index in [-0.39, 0.29) is 11.6 Å². The fourth-order valence-corrected chi connectivity index (χ4v) is 3.72. The first-order chi connectivity index (χ1) is 15.1. The van der Waals surface area contributed by atoms with Gasteiger partial charge in [-0.15, -0.1) is 0 Å². The normalized spacial score (nSPS) is 11.0. The second kappa shape index (κ2) is 9.19. The van der Waals surface area contributed by atoms with Crippen molar-refractivity contribution in [3.63, 3.8) is 0 Å². The lowest BCUT2D eigenvalue weighted by Gasteiger charge is -2.06. The second-order valence-corrected chi connectivity index (χ2v) is 7.62. The van der Waals surface area contributed by atoms with Gasteiger partial charge in [-0.1, -0.05) is 53.8 Å². The zero-order valence-corrected chi connectivity index (χ0v) is 17.0. The number of nitro benzene ring substituents is 1. The number of anilines is 1. The van der Waals surface area contributed by atoms with E-state index in [0.29, 0.717) is 22.0 Å². The average Bonchev–Trinajstić information content (AvgIpc) is 3.19. The van der Waals surface area contributed by atoms with Gasteiger partial charge in [-0.25, -0.2) is 4.98 Å². The van der Waals surface area contributed by atoms with E-state index < -0.39 is 4.92 Å². The van der Waals surface area contributed by atoms with Crippen LogP contribution in [0.3, 0.4) is 0 Å². The lowest BCUT2D eigenvalue weighted by molar-refractivity contribution is -0.384. The molecule has 0 saturated carbocycles. The summed E-state index contributed by atoms with van der Waals surface area (Å²) in [5, 5.41) is 13.9. The fraction of sp³-hybridized carbons (Fsp3) is 0.0435. The SMILES string of the molecule is O=C(/C=C/c1ccc(OCc2ccccc2)cc1)Nc1nc2ccc([N+](=O)[O-])cc2s1. The maximum atomic E-state index is 12.2. The van der Waals surface area contributed by atoms with Gasteiger partial charge in [-0.3, -0.25) is 20.2 Å². The van der Waals surface area contributed by atoms with Crippen LogP contribution in [0, 0.1) is 10.1 Å². The molecular weight excluding hydrogens is 414 g/mol. The molecule has 0 aliphatic carbocycles. The Hall–Kier alpha value is -4.04. The maximum Gasteiger partial charge on any atom is 0.270 e. The Morgan fingerprint density at radius 1 is 1.10 bits per heavy atom. The summed E-state index contributed by atoms with van der Waals surface area (Å²) in [5.74, 6) is 0.409. The largest absolute Gasteiger partial charge is 0.489 e. The van der Waals surface area contributed by atoms with Gasteiger partial charge >= 0.3 is 0 Å². The summed E-state index contributed by atoms with van der Waals surface area (Å²) in [7, 11) is 0. The Labute approximate surface area is 181 Å². The van der Waals surface area contributed by atoms with Crippen LogP contribution in [0.15, 0.2) is 78.9 Å². The molecule has 0 bridgehead atoms. The van der Waals surface area contributed by atoms with E-state index in [1.165, 1.54) is 29.5 Å². The number of nitrogens with one attached hydrogen (secondary N) is 1. The summed E-state index contributed by atoms with van der Waals surface area (Å²) < 4.78 is 6.39. The van der Waals surface area contributed by atoms with Gasteiger partial charge in [0.15, 0.2) is 5.13 Å². The Morgan fingerprint density at radius 2 is 1.87 bits per heavy atom. The molecule has 1 amide bonds. The summed E-state index contributed by atoms with van der Waals surface area (Å²) in [5.41, 5.74) is 2.53.